The molecule has 0 spiro atoms. The van der Waals surface area contributed by atoms with Gasteiger partial charge in [0.2, 0.25) is 0 Å². The van der Waals surface area contributed by atoms with Crippen LogP contribution in [-0.2, 0) is 0 Å². The fraction of sp³-hybridized carbons (Fsp3) is 0.636. The molecular weight excluding hydrogens is 132 g/mol. The second-order valence-corrected chi connectivity index (χ2v) is 4.15. The van der Waals surface area contributed by atoms with Crippen LogP contribution in [0.15, 0.2) is 12.7 Å². The normalized spacial score (nSPS) is 12.3. The number of hydrogen-bond acceptors (Lipinski definition) is 0. The minimum Gasteiger partial charge on any atom is -0.120 e. The monoisotopic (exact) mass is 150 g/mol. The van der Waals surface area contributed by atoms with E-state index in [0.29, 0.717) is 0 Å². The summed E-state index contributed by atoms with van der Waals surface area (Å²) in [5.74, 6) is 2.82. The third-order valence-electron chi connectivity index (χ3n) is 2.71. The Morgan fingerprint density at radius 3 is 2.09 bits per heavy atom. The Kier molecular flexibility index (Phi) is 2.93. The van der Waals surface area contributed by atoms with Crippen molar-refractivity contribution in [2.45, 2.75) is 34.1 Å². The molecule has 0 heteroatoms. The van der Waals surface area contributed by atoms with Gasteiger partial charge in [-0.2, -0.15) is 0 Å². The number of rotatable bonds is 3. The first kappa shape index (κ1) is 10.3. The first-order chi connectivity index (χ1) is 4.87. The van der Waals surface area contributed by atoms with Gasteiger partial charge in [-0.15, -0.1) is 13.0 Å². The van der Waals surface area contributed by atoms with Crippen LogP contribution >= 0.6 is 0 Å². The zero-order chi connectivity index (χ0) is 9.12. The Hall–Kier alpha value is -0.700. The molecule has 0 bridgehead atoms. The van der Waals surface area contributed by atoms with Crippen LogP contribution in [0.1, 0.15) is 34.1 Å². The number of hydrogen-bond donors (Lipinski definition) is 0. The second-order valence-electron chi connectivity index (χ2n) is 4.15. The second kappa shape index (κ2) is 3.13. The summed E-state index contributed by atoms with van der Waals surface area (Å²) in [6, 6.07) is 0. The van der Waals surface area contributed by atoms with E-state index in [2.05, 4.69) is 40.2 Å². The van der Waals surface area contributed by atoms with E-state index in [0.717, 1.165) is 6.42 Å². The third-order valence-corrected chi connectivity index (χ3v) is 2.71. The van der Waals surface area contributed by atoms with Crippen LogP contribution in [-0.4, -0.2) is 0 Å². The summed E-state index contributed by atoms with van der Waals surface area (Å²) in [6.07, 6.45) is 8.33. The van der Waals surface area contributed by atoms with Crippen molar-refractivity contribution in [3.63, 3.8) is 0 Å². The Balaban J connectivity index is 4.55. The molecule has 0 aliphatic rings. The van der Waals surface area contributed by atoms with Gasteiger partial charge in [0.15, 0.2) is 0 Å². The van der Waals surface area contributed by atoms with Crippen molar-refractivity contribution in [3.05, 3.63) is 12.7 Å². The zero-order valence-electron chi connectivity index (χ0n) is 8.07. The fourth-order valence-corrected chi connectivity index (χ4v) is 0.811. The van der Waals surface area contributed by atoms with Gasteiger partial charge < -0.3 is 0 Å². The smallest absolute Gasteiger partial charge is 0.0309 e. The maximum atomic E-state index is 5.44. The molecule has 0 amide bonds. The summed E-state index contributed by atoms with van der Waals surface area (Å²) in [7, 11) is 0. The molecule has 62 valence electrons. The lowest BCUT2D eigenvalue weighted by Crippen LogP contribution is -2.30. The van der Waals surface area contributed by atoms with Gasteiger partial charge >= 0.3 is 0 Å². The molecule has 0 nitrogen and oxygen atoms in total. The van der Waals surface area contributed by atoms with Crippen LogP contribution < -0.4 is 0 Å². The summed E-state index contributed by atoms with van der Waals surface area (Å²) >= 11 is 0. The Morgan fingerprint density at radius 1 is 1.36 bits per heavy atom. The first-order valence-corrected chi connectivity index (χ1v) is 3.96. The van der Waals surface area contributed by atoms with Crippen LogP contribution in [0.3, 0.4) is 0 Å². The lowest BCUT2D eigenvalue weighted by molar-refractivity contribution is 0.181. The molecule has 0 heterocycles. The molecule has 0 atom stereocenters. The van der Waals surface area contributed by atoms with Gasteiger partial charge in [0.05, 0.1) is 0 Å². The molecule has 0 radical (unpaired) electrons. The van der Waals surface area contributed by atoms with E-state index in [1.165, 1.54) is 0 Å². The van der Waals surface area contributed by atoms with Crippen LogP contribution in [0.25, 0.3) is 0 Å². The van der Waals surface area contributed by atoms with Gasteiger partial charge in [-0.25, -0.2) is 0 Å². The lowest BCUT2D eigenvalue weighted by atomic mass is 9.67. The average Bonchev–Trinajstić information content (AvgIpc) is 1.87. The molecule has 0 saturated carbocycles. The van der Waals surface area contributed by atoms with Crippen molar-refractivity contribution < 1.29 is 0 Å². The SMILES string of the molecule is C#CC(C)(C)C(C)(C)CC=C. The highest BCUT2D eigenvalue weighted by Gasteiger charge is 2.33. The molecule has 0 aromatic heterocycles. The predicted octanol–water partition coefficient (Wildman–Crippen LogP) is 3.25. The minimum absolute atomic E-state index is 0.0544. The maximum absolute atomic E-state index is 5.44. The highest BCUT2D eigenvalue weighted by Crippen LogP contribution is 2.40. The molecule has 0 N–H and O–H groups in total. The van der Waals surface area contributed by atoms with Crippen molar-refractivity contribution in [2.75, 3.05) is 0 Å². The first-order valence-electron chi connectivity index (χ1n) is 3.96. The van der Waals surface area contributed by atoms with Crippen molar-refractivity contribution in [1.29, 1.82) is 0 Å². The Bertz CT molecular complexity index is 177. The molecular formula is C11H18. The van der Waals surface area contributed by atoms with E-state index in [1.807, 2.05) is 6.08 Å². The van der Waals surface area contributed by atoms with Crippen molar-refractivity contribution in [2.24, 2.45) is 10.8 Å². The highest BCUT2D eigenvalue weighted by atomic mass is 14.4. The van der Waals surface area contributed by atoms with Gasteiger partial charge in [-0.3, -0.25) is 0 Å². The summed E-state index contributed by atoms with van der Waals surface area (Å²) in [5.41, 5.74) is 0.0880. The van der Waals surface area contributed by atoms with Crippen LogP contribution in [0.2, 0.25) is 0 Å². The molecule has 0 unspecified atom stereocenters. The van der Waals surface area contributed by atoms with Gasteiger partial charge in [0.1, 0.15) is 0 Å². The predicted molar refractivity (Wildman–Crippen MR) is 51.2 cm³/mol. The zero-order valence-corrected chi connectivity index (χ0v) is 8.07. The third kappa shape index (κ3) is 2.12. The largest absolute Gasteiger partial charge is 0.120 e. The van der Waals surface area contributed by atoms with Crippen molar-refractivity contribution in [3.8, 4) is 12.3 Å². The summed E-state index contributed by atoms with van der Waals surface area (Å²) in [5, 5.41) is 0. The molecule has 0 saturated heterocycles. The molecule has 0 rings (SSSR count). The molecule has 11 heavy (non-hydrogen) atoms. The minimum atomic E-state index is -0.0544. The Morgan fingerprint density at radius 2 is 1.82 bits per heavy atom. The maximum Gasteiger partial charge on any atom is 0.0309 e. The van der Waals surface area contributed by atoms with Crippen LogP contribution in [0, 0.1) is 23.2 Å². The summed E-state index contributed by atoms with van der Waals surface area (Å²) in [4.78, 5) is 0. The van der Waals surface area contributed by atoms with E-state index in [-0.39, 0.29) is 10.8 Å². The average molecular weight is 150 g/mol. The quantitative estimate of drug-likeness (QED) is 0.428. The number of terminal acetylenes is 1. The molecule has 0 aromatic carbocycles. The summed E-state index contributed by atoms with van der Waals surface area (Å²) in [6.45, 7) is 12.3. The van der Waals surface area contributed by atoms with Gasteiger partial charge in [0.25, 0.3) is 0 Å². The molecule has 0 aliphatic heterocycles. The van der Waals surface area contributed by atoms with Crippen molar-refractivity contribution >= 4 is 0 Å². The van der Waals surface area contributed by atoms with Gasteiger partial charge in [0, 0.05) is 5.41 Å². The van der Waals surface area contributed by atoms with Crippen molar-refractivity contribution in [1.82, 2.24) is 0 Å². The van der Waals surface area contributed by atoms with Gasteiger partial charge in [-0.05, 0) is 25.7 Å². The van der Waals surface area contributed by atoms with Crippen LogP contribution in [0.4, 0.5) is 0 Å². The molecule has 0 aliphatic carbocycles. The summed E-state index contributed by atoms with van der Waals surface area (Å²) < 4.78 is 0. The standard InChI is InChI=1S/C11H18/c1-7-9-11(5,6)10(3,4)8-2/h2,7H,1,9H2,3-6H3. The van der Waals surface area contributed by atoms with E-state index < -0.39 is 0 Å². The van der Waals surface area contributed by atoms with Gasteiger partial charge in [-0.1, -0.05) is 25.8 Å². The van der Waals surface area contributed by atoms with Crippen LogP contribution in [0.5, 0.6) is 0 Å². The fourth-order valence-electron chi connectivity index (χ4n) is 0.811. The van der Waals surface area contributed by atoms with E-state index in [9.17, 15) is 0 Å². The number of allylic oxidation sites excluding steroid dienone is 1. The highest BCUT2D eigenvalue weighted by molar-refractivity contribution is 5.08. The van der Waals surface area contributed by atoms with E-state index in [4.69, 9.17) is 6.42 Å². The van der Waals surface area contributed by atoms with E-state index >= 15 is 0 Å². The van der Waals surface area contributed by atoms with E-state index in [1.54, 1.807) is 0 Å². The molecule has 0 fully saturated rings. The molecule has 0 aromatic rings. The Labute approximate surface area is 70.7 Å². The lowest BCUT2D eigenvalue weighted by Gasteiger charge is -2.36. The topological polar surface area (TPSA) is 0 Å².